The number of hydrogen-bond donors (Lipinski definition) is 2. The van der Waals surface area contributed by atoms with Gasteiger partial charge in [-0.05, 0) is 38.5 Å². The molecule has 2 N–H and O–H groups in total. The molecule has 2 rings (SSSR count). The monoisotopic (exact) mass is 328 g/mol. The summed E-state index contributed by atoms with van der Waals surface area (Å²) >= 11 is 0. The number of amides is 1. The number of anilines is 1. The van der Waals surface area contributed by atoms with Gasteiger partial charge in [-0.15, -0.1) is 0 Å². The maximum absolute atomic E-state index is 12.2. The molecule has 0 spiro atoms. The molecule has 8 heteroatoms. The molecule has 126 valence electrons. The van der Waals surface area contributed by atoms with Gasteiger partial charge in [0.25, 0.3) is 5.91 Å². The van der Waals surface area contributed by atoms with Gasteiger partial charge in [0.2, 0.25) is 5.95 Å². The van der Waals surface area contributed by atoms with E-state index in [0.717, 1.165) is 17.0 Å². The molecule has 24 heavy (non-hydrogen) atoms. The van der Waals surface area contributed by atoms with Crippen molar-refractivity contribution in [3.05, 3.63) is 34.9 Å². The first kappa shape index (κ1) is 17.4. The lowest BCUT2D eigenvalue weighted by Gasteiger charge is -2.17. The maximum Gasteiger partial charge on any atom is 0.268 e. The Bertz CT molecular complexity index is 782. The number of H-pyrrole nitrogens is 1. The van der Waals surface area contributed by atoms with E-state index < -0.39 is 5.91 Å². The fourth-order valence-electron chi connectivity index (χ4n) is 2.69. The van der Waals surface area contributed by atoms with Crippen LogP contribution in [-0.2, 0) is 9.53 Å². The van der Waals surface area contributed by atoms with Crippen molar-refractivity contribution in [3.63, 3.8) is 0 Å². The lowest BCUT2D eigenvalue weighted by molar-refractivity contribution is -0.112. The minimum atomic E-state index is -0.538. The van der Waals surface area contributed by atoms with Crippen molar-refractivity contribution in [2.45, 2.75) is 26.8 Å². The van der Waals surface area contributed by atoms with E-state index in [0.29, 0.717) is 6.61 Å². The quantitative estimate of drug-likeness (QED) is 0.622. The van der Waals surface area contributed by atoms with E-state index in [1.54, 1.807) is 13.2 Å². The van der Waals surface area contributed by atoms with E-state index in [4.69, 9.17) is 4.74 Å². The third-order valence-corrected chi connectivity index (χ3v) is 3.68. The van der Waals surface area contributed by atoms with E-state index in [2.05, 4.69) is 32.0 Å². The number of aryl methyl sites for hydroxylation is 1. The van der Waals surface area contributed by atoms with E-state index in [9.17, 15) is 10.1 Å². The lowest BCUT2D eigenvalue weighted by atomic mass is 10.1. The highest BCUT2D eigenvalue weighted by Gasteiger charge is 2.16. The second kappa shape index (κ2) is 7.57. The van der Waals surface area contributed by atoms with E-state index in [1.165, 1.54) is 6.33 Å². The standard InChI is InChI=1S/C16H20N6O2/c1-10-5-13(12(3)22(10)11(2)8-24-4)6-14(7-17)15(23)20-16-18-9-19-21-16/h5-6,9,11H,8H2,1-4H3,(H2,18,19,20,21,23). The van der Waals surface area contributed by atoms with Gasteiger partial charge in [-0.1, -0.05) is 0 Å². The zero-order valence-electron chi connectivity index (χ0n) is 14.1. The molecule has 0 saturated heterocycles. The van der Waals surface area contributed by atoms with Gasteiger partial charge in [-0.3, -0.25) is 10.1 Å². The largest absolute Gasteiger partial charge is 0.383 e. The third-order valence-electron chi connectivity index (χ3n) is 3.68. The van der Waals surface area contributed by atoms with Crippen LogP contribution < -0.4 is 5.32 Å². The molecule has 1 atom stereocenters. The molecule has 0 bridgehead atoms. The minimum Gasteiger partial charge on any atom is -0.383 e. The molecule has 0 aliphatic carbocycles. The average molecular weight is 328 g/mol. The molecule has 2 aromatic heterocycles. The third kappa shape index (κ3) is 3.70. The molecule has 1 unspecified atom stereocenters. The number of hydrogen-bond acceptors (Lipinski definition) is 5. The van der Waals surface area contributed by atoms with Crippen molar-refractivity contribution >= 4 is 17.9 Å². The molecule has 1 amide bonds. The zero-order valence-corrected chi connectivity index (χ0v) is 14.1. The molecule has 2 aromatic rings. The van der Waals surface area contributed by atoms with Gasteiger partial charge in [0.15, 0.2) is 0 Å². The summed E-state index contributed by atoms with van der Waals surface area (Å²) in [5.74, 6) is -0.343. The van der Waals surface area contributed by atoms with Crippen molar-refractivity contribution < 1.29 is 9.53 Å². The van der Waals surface area contributed by atoms with Crippen LogP contribution >= 0.6 is 0 Å². The van der Waals surface area contributed by atoms with Crippen LogP contribution in [0.5, 0.6) is 0 Å². The van der Waals surface area contributed by atoms with Gasteiger partial charge in [0.05, 0.1) is 12.6 Å². The van der Waals surface area contributed by atoms with E-state index in [1.807, 2.05) is 26.0 Å². The SMILES string of the molecule is COCC(C)n1c(C)cc(C=C(C#N)C(=O)Nc2ncn[nH]2)c1C. The Morgan fingerprint density at radius 1 is 1.58 bits per heavy atom. The second-order valence-electron chi connectivity index (χ2n) is 5.46. The Kier molecular flexibility index (Phi) is 5.50. The lowest BCUT2D eigenvalue weighted by Crippen LogP contribution is -2.15. The second-order valence-corrected chi connectivity index (χ2v) is 5.46. The van der Waals surface area contributed by atoms with Crippen LogP contribution in [0.1, 0.15) is 29.9 Å². The molecule has 0 radical (unpaired) electrons. The molecule has 0 saturated carbocycles. The number of ether oxygens (including phenoxy) is 1. The number of nitrogens with one attached hydrogen (secondary N) is 2. The van der Waals surface area contributed by atoms with Crippen molar-refractivity contribution in [1.29, 1.82) is 5.26 Å². The Balaban J connectivity index is 2.30. The first-order valence-corrected chi connectivity index (χ1v) is 7.43. The number of carbonyl (C=O) groups excluding carboxylic acids is 1. The van der Waals surface area contributed by atoms with Crippen molar-refractivity contribution in [2.75, 3.05) is 19.0 Å². The maximum atomic E-state index is 12.2. The Morgan fingerprint density at radius 2 is 2.33 bits per heavy atom. The first-order valence-electron chi connectivity index (χ1n) is 7.43. The fraction of sp³-hybridized carbons (Fsp3) is 0.375. The molecule has 2 heterocycles. The summed E-state index contributed by atoms with van der Waals surface area (Å²) in [5.41, 5.74) is 2.82. The van der Waals surface area contributed by atoms with Crippen LogP contribution in [0.2, 0.25) is 0 Å². The van der Waals surface area contributed by atoms with Crippen molar-refractivity contribution in [1.82, 2.24) is 19.7 Å². The van der Waals surface area contributed by atoms with Gasteiger partial charge in [0.1, 0.15) is 18.0 Å². The molecule has 0 aliphatic rings. The van der Waals surface area contributed by atoms with Crippen molar-refractivity contribution in [3.8, 4) is 6.07 Å². The van der Waals surface area contributed by atoms with Crippen LogP contribution in [0.15, 0.2) is 18.0 Å². The minimum absolute atomic E-state index is 0.00829. The summed E-state index contributed by atoms with van der Waals surface area (Å²) in [6, 6.07) is 4.03. The van der Waals surface area contributed by atoms with Gasteiger partial charge in [0, 0.05) is 18.5 Å². The number of methoxy groups -OCH3 is 1. The predicted octanol–water partition coefficient (Wildman–Crippen LogP) is 1.98. The van der Waals surface area contributed by atoms with Gasteiger partial charge < -0.3 is 9.30 Å². The van der Waals surface area contributed by atoms with Crippen LogP contribution in [0.4, 0.5) is 5.95 Å². The van der Waals surface area contributed by atoms with Crippen LogP contribution in [0.3, 0.4) is 0 Å². The smallest absolute Gasteiger partial charge is 0.268 e. The van der Waals surface area contributed by atoms with Crippen LogP contribution in [0.25, 0.3) is 6.08 Å². The molecule has 0 aromatic carbocycles. The van der Waals surface area contributed by atoms with E-state index in [-0.39, 0.29) is 17.6 Å². The Hall–Kier alpha value is -2.92. The average Bonchev–Trinajstić information content (AvgIpc) is 3.13. The highest BCUT2D eigenvalue weighted by Crippen LogP contribution is 2.23. The number of aromatic amines is 1. The molecule has 0 aliphatic heterocycles. The number of aromatic nitrogens is 4. The number of rotatable bonds is 6. The topological polar surface area (TPSA) is 109 Å². The normalized spacial score (nSPS) is 12.7. The summed E-state index contributed by atoms with van der Waals surface area (Å²) in [6.45, 7) is 6.57. The summed E-state index contributed by atoms with van der Waals surface area (Å²) in [5, 5.41) is 17.9. The zero-order chi connectivity index (χ0) is 17.7. The summed E-state index contributed by atoms with van der Waals surface area (Å²) in [7, 11) is 1.66. The van der Waals surface area contributed by atoms with Gasteiger partial charge >= 0.3 is 0 Å². The Labute approximate surface area is 140 Å². The summed E-state index contributed by atoms with van der Waals surface area (Å²) < 4.78 is 7.33. The van der Waals surface area contributed by atoms with Gasteiger partial charge in [-0.2, -0.15) is 15.3 Å². The number of carbonyl (C=O) groups is 1. The molecular weight excluding hydrogens is 308 g/mol. The highest BCUT2D eigenvalue weighted by atomic mass is 16.5. The Morgan fingerprint density at radius 3 is 2.92 bits per heavy atom. The number of nitrogens with zero attached hydrogens (tertiary/aromatic N) is 4. The molecule has 0 fully saturated rings. The van der Waals surface area contributed by atoms with Gasteiger partial charge in [-0.25, -0.2) is 5.10 Å². The summed E-state index contributed by atoms with van der Waals surface area (Å²) in [6.07, 6.45) is 2.85. The summed E-state index contributed by atoms with van der Waals surface area (Å²) in [4.78, 5) is 16.0. The molecule has 8 nitrogen and oxygen atoms in total. The first-order chi connectivity index (χ1) is 11.5. The van der Waals surface area contributed by atoms with Crippen molar-refractivity contribution in [2.24, 2.45) is 0 Å². The fourth-order valence-corrected chi connectivity index (χ4v) is 2.69. The predicted molar refractivity (Wildman–Crippen MR) is 89.1 cm³/mol. The highest BCUT2D eigenvalue weighted by molar-refractivity contribution is 6.09. The van der Waals surface area contributed by atoms with Crippen LogP contribution in [-0.4, -0.2) is 39.4 Å². The molecular formula is C16H20N6O2. The van der Waals surface area contributed by atoms with E-state index >= 15 is 0 Å². The number of nitriles is 1. The van der Waals surface area contributed by atoms with Crippen LogP contribution in [0, 0.1) is 25.2 Å².